The number of hydrogen-bond donors (Lipinski definition) is 1. The van der Waals surface area contributed by atoms with Crippen LogP contribution in [0.2, 0.25) is 0 Å². The predicted octanol–water partition coefficient (Wildman–Crippen LogP) is 2.21. The third-order valence-corrected chi connectivity index (χ3v) is 2.90. The van der Waals surface area contributed by atoms with Gasteiger partial charge in [-0.3, -0.25) is 4.79 Å². The molecule has 1 aromatic rings. The van der Waals surface area contributed by atoms with E-state index in [9.17, 15) is 9.59 Å². The number of ether oxygens (including phenoxy) is 2. The number of unbranched alkanes of at least 4 members (excludes halogenated alkanes) is 2. The van der Waals surface area contributed by atoms with Crippen molar-refractivity contribution in [1.29, 1.82) is 0 Å². The van der Waals surface area contributed by atoms with E-state index in [1.165, 1.54) is 6.92 Å². The quantitative estimate of drug-likeness (QED) is 0.558. The molecule has 0 amide bonds. The Balaban J connectivity index is 2.22. The van der Waals surface area contributed by atoms with Crippen molar-refractivity contribution in [2.75, 3.05) is 6.61 Å². The van der Waals surface area contributed by atoms with Crippen molar-refractivity contribution in [3.05, 3.63) is 35.9 Å². The van der Waals surface area contributed by atoms with Crippen molar-refractivity contribution in [3.8, 4) is 0 Å². The summed E-state index contributed by atoms with van der Waals surface area (Å²) in [6.45, 7) is 1.79. The van der Waals surface area contributed by atoms with Gasteiger partial charge in [-0.2, -0.15) is 0 Å². The largest absolute Gasteiger partial charge is 0.458 e. The van der Waals surface area contributed by atoms with E-state index < -0.39 is 18.0 Å². The van der Waals surface area contributed by atoms with E-state index in [1.807, 2.05) is 30.3 Å². The van der Waals surface area contributed by atoms with E-state index in [-0.39, 0.29) is 19.6 Å². The molecule has 0 saturated heterocycles. The molecule has 1 unspecified atom stereocenters. The molecule has 0 aliphatic heterocycles. The van der Waals surface area contributed by atoms with Gasteiger partial charge in [-0.15, -0.1) is 0 Å². The van der Waals surface area contributed by atoms with Crippen molar-refractivity contribution in [2.24, 2.45) is 0 Å². The summed E-state index contributed by atoms with van der Waals surface area (Å²) in [5, 5.41) is 8.63. The third kappa shape index (κ3) is 7.46. The van der Waals surface area contributed by atoms with E-state index >= 15 is 0 Å². The molecule has 116 valence electrons. The number of esters is 2. The Labute approximate surface area is 124 Å². The van der Waals surface area contributed by atoms with Crippen LogP contribution in [0.3, 0.4) is 0 Å². The number of rotatable bonds is 9. The molecule has 21 heavy (non-hydrogen) atoms. The maximum atomic E-state index is 11.7. The molecule has 0 radical (unpaired) electrons. The first-order chi connectivity index (χ1) is 10.1. The number of hydrogen-bond acceptors (Lipinski definition) is 5. The van der Waals surface area contributed by atoms with Crippen molar-refractivity contribution >= 4 is 11.9 Å². The Hall–Kier alpha value is -1.88. The highest BCUT2D eigenvalue weighted by Gasteiger charge is 2.19. The molecule has 0 bridgehead atoms. The molecule has 0 aromatic heterocycles. The van der Waals surface area contributed by atoms with Crippen LogP contribution in [-0.4, -0.2) is 29.8 Å². The first-order valence-electron chi connectivity index (χ1n) is 7.14. The molecule has 1 rings (SSSR count). The zero-order valence-corrected chi connectivity index (χ0v) is 12.3. The van der Waals surface area contributed by atoms with E-state index in [4.69, 9.17) is 14.6 Å². The van der Waals surface area contributed by atoms with E-state index in [0.717, 1.165) is 12.0 Å². The smallest absolute Gasteiger partial charge is 0.347 e. The minimum absolute atomic E-state index is 0.122. The normalized spacial score (nSPS) is 11.7. The monoisotopic (exact) mass is 294 g/mol. The second-order valence-electron chi connectivity index (χ2n) is 4.76. The number of aliphatic hydroxyl groups excluding tert-OH is 1. The van der Waals surface area contributed by atoms with Crippen molar-refractivity contribution < 1.29 is 24.2 Å². The lowest BCUT2D eigenvalue weighted by Gasteiger charge is -2.12. The van der Waals surface area contributed by atoms with E-state index in [0.29, 0.717) is 12.8 Å². The van der Waals surface area contributed by atoms with Crippen LogP contribution in [0.4, 0.5) is 0 Å². The van der Waals surface area contributed by atoms with Gasteiger partial charge in [-0.05, 0) is 25.3 Å². The van der Waals surface area contributed by atoms with Crippen molar-refractivity contribution in [2.45, 2.75) is 45.3 Å². The van der Waals surface area contributed by atoms with Gasteiger partial charge in [0.05, 0.1) is 0 Å². The van der Waals surface area contributed by atoms with Crippen molar-refractivity contribution in [1.82, 2.24) is 0 Å². The van der Waals surface area contributed by atoms with Crippen LogP contribution < -0.4 is 0 Å². The maximum absolute atomic E-state index is 11.7. The molecule has 0 heterocycles. The van der Waals surface area contributed by atoms with Crippen LogP contribution in [0.25, 0.3) is 0 Å². The second-order valence-corrected chi connectivity index (χ2v) is 4.76. The molecule has 1 atom stereocenters. The van der Waals surface area contributed by atoms with Gasteiger partial charge < -0.3 is 14.6 Å². The summed E-state index contributed by atoms with van der Waals surface area (Å²) in [5.74, 6) is -0.973. The summed E-state index contributed by atoms with van der Waals surface area (Å²) >= 11 is 0. The zero-order chi connectivity index (χ0) is 15.5. The highest BCUT2D eigenvalue weighted by Crippen LogP contribution is 2.06. The summed E-state index contributed by atoms with van der Waals surface area (Å²) in [4.78, 5) is 23.2. The minimum Gasteiger partial charge on any atom is -0.458 e. The lowest BCUT2D eigenvalue weighted by atomic mass is 10.2. The lowest BCUT2D eigenvalue weighted by Crippen LogP contribution is -2.26. The van der Waals surface area contributed by atoms with Crippen LogP contribution in [0.5, 0.6) is 0 Å². The Morgan fingerprint density at radius 1 is 1.14 bits per heavy atom. The molecule has 0 aliphatic rings. The Morgan fingerprint density at radius 2 is 1.86 bits per heavy atom. The third-order valence-electron chi connectivity index (χ3n) is 2.90. The number of carbonyl (C=O) groups is 2. The highest BCUT2D eigenvalue weighted by molar-refractivity contribution is 5.78. The fourth-order valence-electron chi connectivity index (χ4n) is 1.71. The SMILES string of the molecule is CC(OC(=O)CCCCCO)C(=O)OCc1ccccc1. The number of carbonyl (C=O) groups excluding carboxylic acids is 2. The highest BCUT2D eigenvalue weighted by atomic mass is 16.6. The van der Waals surface area contributed by atoms with Gasteiger partial charge in [0.25, 0.3) is 0 Å². The van der Waals surface area contributed by atoms with Gasteiger partial charge in [0.1, 0.15) is 6.61 Å². The van der Waals surface area contributed by atoms with Gasteiger partial charge >= 0.3 is 11.9 Å². The van der Waals surface area contributed by atoms with Crippen LogP contribution in [0, 0.1) is 0 Å². The summed E-state index contributed by atoms with van der Waals surface area (Å²) in [6.07, 6.45) is 1.42. The Kier molecular flexibility index (Phi) is 8.12. The molecular formula is C16H22O5. The Morgan fingerprint density at radius 3 is 2.52 bits per heavy atom. The zero-order valence-electron chi connectivity index (χ0n) is 12.3. The topological polar surface area (TPSA) is 72.8 Å². The Bertz CT molecular complexity index is 430. The maximum Gasteiger partial charge on any atom is 0.347 e. The molecule has 1 N–H and O–H groups in total. The number of aliphatic hydroxyl groups is 1. The predicted molar refractivity (Wildman–Crippen MR) is 77.3 cm³/mol. The molecule has 0 spiro atoms. The van der Waals surface area contributed by atoms with E-state index in [2.05, 4.69) is 0 Å². The molecular weight excluding hydrogens is 272 g/mol. The van der Waals surface area contributed by atoms with Crippen LogP contribution in [0.1, 0.15) is 38.2 Å². The van der Waals surface area contributed by atoms with Gasteiger partial charge in [0.15, 0.2) is 6.10 Å². The summed E-state index contributed by atoms with van der Waals surface area (Å²) in [7, 11) is 0. The molecule has 0 saturated carbocycles. The average Bonchev–Trinajstić information content (AvgIpc) is 2.50. The van der Waals surface area contributed by atoms with Crippen LogP contribution in [0.15, 0.2) is 30.3 Å². The second kappa shape index (κ2) is 9.94. The van der Waals surface area contributed by atoms with Gasteiger partial charge in [-0.25, -0.2) is 4.79 Å². The minimum atomic E-state index is -0.904. The van der Waals surface area contributed by atoms with Gasteiger partial charge in [0, 0.05) is 13.0 Å². The van der Waals surface area contributed by atoms with Gasteiger partial charge in [-0.1, -0.05) is 36.8 Å². The summed E-state index contributed by atoms with van der Waals surface area (Å²) in [5.41, 5.74) is 0.883. The molecule has 1 aromatic carbocycles. The lowest BCUT2D eigenvalue weighted by molar-refractivity contribution is -0.167. The van der Waals surface area contributed by atoms with E-state index in [1.54, 1.807) is 0 Å². The average molecular weight is 294 g/mol. The molecule has 0 aliphatic carbocycles. The summed E-state index contributed by atoms with van der Waals surface area (Å²) in [6, 6.07) is 9.31. The fraction of sp³-hybridized carbons (Fsp3) is 0.500. The van der Waals surface area contributed by atoms with Crippen LogP contribution >= 0.6 is 0 Å². The molecule has 0 fully saturated rings. The van der Waals surface area contributed by atoms with Crippen LogP contribution in [-0.2, 0) is 25.7 Å². The fourth-order valence-corrected chi connectivity index (χ4v) is 1.71. The molecule has 5 heteroatoms. The standard InChI is InChI=1S/C16H22O5/c1-13(21-15(18)10-6-3-7-11-17)16(19)20-12-14-8-4-2-5-9-14/h2,4-5,8-9,13,17H,3,6-7,10-12H2,1H3. The first-order valence-corrected chi connectivity index (χ1v) is 7.14. The first kappa shape index (κ1) is 17.2. The number of benzene rings is 1. The molecule has 5 nitrogen and oxygen atoms in total. The van der Waals surface area contributed by atoms with Crippen molar-refractivity contribution in [3.63, 3.8) is 0 Å². The summed E-state index contributed by atoms with van der Waals surface area (Å²) < 4.78 is 10.1. The van der Waals surface area contributed by atoms with Gasteiger partial charge in [0.2, 0.25) is 0 Å².